The molecule has 3 rings (SSSR count). The molecule has 0 saturated carbocycles. The van der Waals surface area contributed by atoms with E-state index in [1.54, 1.807) is 18.3 Å². The summed E-state index contributed by atoms with van der Waals surface area (Å²) in [5, 5.41) is 0. The van der Waals surface area contributed by atoms with Gasteiger partial charge in [0.05, 0.1) is 5.75 Å². The maximum absolute atomic E-state index is 12.5. The lowest BCUT2D eigenvalue weighted by Gasteiger charge is -2.45. The Morgan fingerprint density at radius 3 is 2.83 bits per heavy atom. The monoisotopic (exact) mass is 334 g/mol. The predicted molar refractivity (Wildman–Crippen MR) is 93.8 cm³/mol. The van der Waals surface area contributed by atoms with Gasteiger partial charge in [-0.2, -0.15) is 0 Å². The van der Waals surface area contributed by atoms with Crippen LogP contribution in [0.2, 0.25) is 0 Å². The first kappa shape index (κ1) is 16.7. The summed E-state index contributed by atoms with van der Waals surface area (Å²) in [4.78, 5) is 2.51. The van der Waals surface area contributed by atoms with Gasteiger partial charge in [0.2, 0.25) is 10.0 Å². The lowest BCUT2D eigenvalue weighted by molar-refractivity contribution is 0.0970. The van der Waals surface area contributed by atoms with Gasteiger partial charge in [0.1, 0.15) is 0 Å². The van der Waals surface area contributed by atoms with Crippen LogP contribution in [0.1, 0.15) is 36.9 Å². The number of nitrogens with zero attached hydrogens (tertiary/aromatic N) is 2. The van der Waals surface area contributed by atoms with E-state index in [0.29, 0.717) is 11.6 Å². The van der Waals surface area contributed by atoms with Gasteiger partial charge in [-0.1, -0.05) is 36.4 Å². The van der Waals surface area contributed by atoms with Gasteiger partial charge < -0.3 is 0 Å². The van der Waals surface area contributed by atoms with Gasteiger partial charge >= 0.3 is 0 Å². The summed E-state index contributed by atoms with van der Waals surface area (Å²) in [7, 11) is -1.53. The topological polar surface area (TPSA) is 40.6 Å². The van der Waals surface area contributed by atoms with E-state index in [9.17, 15) is 8.42 Å². The van der Waals surface area contributed by atoms with Crippen LogP contribution in [0.15, 0.2) is 36.4 Å². The molecule has 2 heterocycles. The Hall–Kier alpha value is -1.17. The van der Waals surface area contributed by atoms with E-state index in [1.165, 1.54) is 11.1 Å². The van der Waals surface area contributed by atoms with Crippen molar-refractivity contribution < 1.29 is 8.42 Å². The number of sulfonamides is 1. The van der Waals surface area contributed by atoms with E-state index in [0.717, 1.165) is 32.4 Å². The summed E-state index contributed by atoms with van der Waals surface area (Å²) in [5.74, 6) is 0.0466. The van der Waals surface area contributed by atoms with Gasteiger partial charge in [0.25, 0.3) is 0 Å². The van der Waals surface area contributed by atoms with Gasteiger partial charge in [-0.15, -0.1) is 0 Å². The fraction of sp³-hybridized carbons (Fsp3) is 0.556. The van der Waals surface area contributed by atoms with Crippen molar-refractivity contribution in [1.82, 2.24) is 9.21 Å². The van der Waals surface area contributed by atoms with Crippen molar-refractivity contribution in [2.45, 2.75) is 38.3 Å². The molecule has 1 fully saturated rings. The molecule has 2 aliphatic rings. The molecule has 0 radical (unpaired) electrons. The zero-order valence-electron chi connectivity index (χ0n) is 14.0. The summed E-state index contributed by atoms with van der Waals surface area (Å²) in [5.41, 5.74) is 3.49. The van der Waals surface area contributed by atoms with Crippen molar-refractivity contribution in [2.24, 2.45) is 0 Å². The minimum atomic E-state index is -3.26. The van der Waals surface area contributed by atoms with Crippen LogP contribution >= 0.6 is 0 Å². The summed E-state index contributed by atoms with van der Waals surface area (Å²) >= 11 is 0. The third-order valence-corrected chi connectivity index (χ3v) is 7.18. The van der Waals surface area contributed by atoms with E-state index in [-0.39, 0.29) is 11.8 Å². The largest absolute Gasteiger partial charge is 0.296 e. The van der Waals surface area contributed by atoms with Crippen LogP contribution in [-0.2, 0) is 16.4 Å². The average Bonchev–Trinajstić information content (AvgIpc) is 2.52. The van der Waals surface area contributed by atoms with Crippen LogP contribution in [0.25, 0.3) is 0 Å². The molecule has 0 aromatic heterocycles. The van der Waals surface area contributed by atoms with Crippen LogP contribution in [0, 0.1) is 0 Å². The van der Waals surface area contributed by atoms with Crippen LogP contribution in [0.5, 0.6) is 0 Å². The average molecular weight is 334 g/mol. The number of piperidine rings is 1. The first-order chi connectivity index (χ1) is 10.9. The fourth-order valence-electron chi connectivity index (χ4n) is 3.91. The Morgan fingerprint density at radius 1 is 1.35 bits per heavy atom. The maximum Gasteiger partial charge on any atom is 0.217 e. The molecule has 126 valence electrons. The second kappa shape index (κ2) is 6.38. The molecule has 2 unspecified atom stereocenters. The van der Waals surface area contributed by atoms with Crippen LogP contribution in [0.4, 0.5) is 0 Å². The molecule has 2 atom stereocenters. The molecule has 0 amide bonds. The highest BCUT2D eigenvalue weighted by atomic mass is 32.2. The molecule has 0 aliphatic carbocycles. The van der Waals surface area contributed by atoms with Crippen molar-refractivity contribution in [1.29, 1.82) is 0 Å². The van der Waals surface area contributed by atoms with Gasteiger partial charge in [0, 0.05) is 32.2 Å². The standard InChI is InChI=1S/C18H26N2O2S/c1-14(2)13-23(21,22)19(3)16-9-11-20-10-8-15-6-4-5-7-17(15)18(20)12-16/h4-7,16,18H,1,8-13H2,2-3H3. The van der Waals surface area contributed by atoms with Gasteiger partial charge in [0.15, 0.2) is 0 Å². The van der Waals surface area contributed by atoms with Gasteiger partial charge in [-0.25, -0.2) is 12.7 Å². The second-order valence-electron chi connectivity index (χ2n) is 6.91. The van der Waals surface area contributed by atoms with Crippen molar-refractivity contribution in [3.8, 4) is 0 Å². The lowest BCUT2D eigenvalue weighted by Crippen LogP contribution is -2.49. The van der Waals surface area contributed by atoms with Crippen molar-refractivity contribution in [3.05, 3.63) is 47.5 Å². The van der Waals surface area contributed by atoms with Gasteiger partial charge in [-0.3, -0.25) is 4.90 Å². The van der Waals surface area contributed by atoms with Crippen molar-refractivity contribution in [3.63, 3.8) is 0 Å². The molecule has 0 spiro atoms. The zero-order chi connectivity index (χ0) is 16.6. The molecular weight excluding hydrogens is 308 g/mol. The summed E-state index contributed by atoms with van der Waals surface area (Å²) in [6, 6.07) is 9.02. The van der Waals surface area contributed by atoms with Crippen LogP contribution in [0.3, 0.4) is 0 Å². The maximum atomic E-state index is 12.5. The number of hydrogen-bond acceptors (Lipinski definition) is 3. The second-order valence-corrected chi connectivity index (χ2v) is 8.94. The molecule has 23 heavy (non-hydrogen) atoms. The Balaban J connectivity index is 1.80. The Morgan fingerprint density at radius 2 is 2.09 bits per heavy atom. The Kier molecular flexibility index (Phi) is 4.63. The van der Waals surface area contributed by atoms with E-state index in [2.05, 4.69) is 35.7 Å². The zero-order valence-corrected chi connectivity index (χ0v) is 14.8. The quantitative estimate of drug-likeness (QED) is 0.795. The van der Waals surface area contributed by atoms with Crippen molar-refractivity contribution in [2.75, 3.05) is 25.9 Å². The van der Waals surface area contributed by atoms with E-state index in [4.69, 9.17) is 0 Å². The molecule has 1 aromatic rings. The molecule has 1 aromatic carbocycles. The highest BCUT2D eigenvalue weighted by Crippen LogP contribution is 2.38. The van der Waals surface area contributed by atoms with Crippen LogP contribution in [-0.4, -0.2) is 49.6 Å². The summed E-state index contributed by atoms with van der Waals surface area (Å²) < 4.78 is 26.6. The number of rotatable bonds is 4. The van der Waals surface area contributed by atoms with Crippen LogP contribution < -0.4 is 0 Å². The molecule has 0 N–H and O–H groups in total. The molecule has 4 nitrogen and oxygen atoms in total. The smallest absolute Gasteiger partial charge is 0.217 e. The predicted octanol–water partition coefficient (Wildman–Crippen LogP) is 2.59. The third-order valence-electron chi connectivity index (χ3n) is 5.15. The highest BCUT2D eigenvalue weighted by Gasteiger charge is 2.37. The number of benzene rings is 1. The van der Waals surface area contributed by atoms with E-state index < -0.39 is 10.0 Å². The summed E-state index contributed by atoms with van der Waals surface area (Å²) in [6.45, 7) is 7.57. The Labute approximate surface area is 139 Å². The number of fused-ring (bicyclic) bond motifs is 3. The first-order valence-corrected chi connectivity index (χ1v) is 9.91. The summed E-state index contributed by atoms with van der Waals surface area (Å²) in [6.07, 6.45) is 2.88. The third kappa shape index (κ3) is 3.37. The molecule has 1 saturated heterocycles. The molecule has 0 bridgehead atoms. The fourth-order valence-corrected chi connectivity index (χ4v) is 5.38. The minimum Gasteiger partial charge on any atom is -0.296 e. The first-order valence-electron chi connectivity index (χ1n) is 8.30. The normalized spacial score (nSPS) is 25.0. The van der Waals surface area contributed by atoms with E-state index in [1.807, 2.05) is 0 Å². The molecule has 2 aliphatic heterocycles. The number of hydrogen-bond donors (Lipinski definition) is 0. The molecule has 5 heteroatoms. The minimum absolute atomic E-state index is 0.0466. The Bertz CT molecular complexity index is 699. The van der Waals surface area contributed by atoms with E-state index >= 15 is 0 Å². The molecular formula is C18H26N2O2S. The highest BCUT2D eigenvalue weighted by molar-refractivity contribution is 7.89. The SMILES string of the molecule is C=C(C)CS(=O)(=O)N(C)C1CCN2CCc3ccccc3C2C1. The van der Waals surface area contributed by atoms with Crippen molar-refractivity contribution >= 4 is 10.0 Å². The lowest BCUT2D eigenvalue weighted by atomic mass is 9.85. The van der Waals surface area contributed by atoms with Gasteiger partial charge in [-0.05, 0) is 37.3 Å².